The van der Waals surface area contributed by atoms with Gasteiger partial charge in [-0.15, -0.1) is 24.5 Å². The summed E-state index contributed by atoms with van der Waals surface area (Å²) in [5, 5.41) is 4.31. The van der Waals surface area contributed by atoms with Crippen molar-refractivity contribution < 1.29 is 27.1 Å². The maximum atomic E-state index is 12.4. The first-order chi connectivity index (χ1) is 13.4. The summed E-state index contributed by atoms with van der Waals surface area (Å²) in [5.41, 5.74) is 3.24. The first-order valence-corrected chi connectivity index (χ1v) is 8.78. The summed E-state index contributed by atoms with van der Waals surface area (Å²) in [6, 6.07) is 10.2. The molecule has 0 spiro atoms. The predicted octanol–water partition coefficient (Wildman–Crippen LogP) is 5.10. The molecule has 142 valence electrons. The van der Waals surface area contributed by atoms with Gasteiger partial charge in [-0.1, -0.05) is 12.1 Å². The van der Waals surface area contributed by atoms with E-state index in [0.29, 0.717) is 22.4 Å². The molecule has 2 aromatic heterocycles. The topological polar surface area (TPSA) is 77.2 Å². The van der Waals surface area contributed by atoms with E-state index in [1.165, 1.54) is 29.5 Å². The minimum Gasteiger partial charge on any atom is -0.436 e. The lowest BCUT2D eigenvalue weighted by molar-refractivity contribution is -0.274. The number of carbonyl (C=O) groups excluding carboxylic acids is 1. The number of nitrogens with one attached hydrogen (secondary N) is 1. The molecule has 10 heteroatoms. The molecule has 0 fully saturated rings. The Morgan fingerprint density at radius 1 is 1.18 bits per heavy atom. The number of benzene rings is 2. The monoisotopic (exact) mass is 405 g/mol. The molecule has 4 aromatic rings. The maximum absolute atomic E-state index is 12.4. The average Bonchev–Trinajstić information content (AvgIpc) is 3.31. The van der Waals surface area contributed by atoms with Crippen LogP contribution in [0.25, 0.3) is 22.6 Å². The summed E-state index contributed by atoms with van der Waals surface area (Å²) in [5.74, 6) is -0.693. The molecule has 0 saturated carbocycles. The van der Waals surface area contributed by atoms with Crippen LogP contribution in [0, 0.1) is 0 Å². The summed E-state index contributed by atoms with van der Waals surface area (Å²) >= 11 is 1.29. The van der Waals surface area contributed by atoms with Crippen molar-refractivity contribution in [2.24, 2.45) is 0 Å². The molecule has 0 aliphatic rings. The molecule has 0 aliphatic carbocycles. The number of para-hydroxylation sites is 1. The van der Waals surface area contributed by atoms with Crippen LogP contribution in [0.1, 0.15) is 10.5 Å². The van der Waals surface area contributed by atoms with E-state index >= 15 is 0 Å². The average molecular weight is 405 g/mol. The molecule has 4 rings (SSSR count). The Kier molecular flexibility index (Phi) is 4.47. The van der Waals surface area contributed by atoms with E-state index in [1.807, 2.05) is 0 Å². The van der Waals surface area contributed by atoms with E-state index in [9.17, 15) is 18.0 Å². The van der Waals surface area contributed by atoms with E-state index in [-0.39, 0.29) is 17.3 Å². The second kappa shape index (κ2) is 6.97. The van der Waals surface area contributed by atoms with Gasteiger partial charge in [0, 0.05) is 10.9 Å². The smallest absolute Gasteiger partial charge is 0.436 e. The van der Waals surface area contributed by atoms with Crippen molar-refractivity contribution in [2.45, 2.75) is 6.36 Å². The summed E-state index contributed by atoms with van der Waals surface area (Å²) in [6.07, 6.45) is -4.80. The minimum atomic E-state index is -4.80. The van der Waals surface area contributed by atoms with Crippen molar-refractivity contribution in [3.63, 3.8) is 0 Å². The van der Waals surface area contributed by atoms with Crippen molar-refractivity contribution in [3.8, 4) is 17.2 Å². The third-order valence-corrected chi connectivity index (χ3v) is 4.23. The molecule has 6 nitrogen and oxygen atoms in total. The van der Waals surface area contributed by atoms with Gasteiger partial charge in [-0.2, -0.15) is 0 Å². The number of thiazole rings is 1. The van der Waals surface area contributed by atoms with E-state index in [2.05, 4.69) is 20.0 Å². The van der Waals surface area contributed by atoms with Crippen LogP contribution in [-0.2, 0) is 0 Å². The number of carbonyl (C=O) groups is 1. The molecule has 0 aliphatic heterocycles. The minimum absolute atomic E-state index is 0.0954. The second-order valence-corrected chi connectivity index (χ2v) is 6.29. The molecule has 0 radical (unpaired) electrons. The molecule has 1 amide bonds. The zero-order chi connectivity index (χ0) is 19.7. The number of hydrogen-bond donors (Lipinski definition) is 1. The first kappa shape index (κ1) is 18.0. The Labute approximate surface area is 159 Å². The summed E-state index contributed by atoms with van der Waals surface area (Å²) in [6.45, 7) is 0. The quantitative estimate of drug-likeness (QED) is 0.511. The maximum Gasteiger partial charge on any atom is 0.573 e. The first-order valence-electron chi connectivity index (χ1n) is 7.84. The van der Waals surface area contributed by atoms with Crippen LogP contribution >= 0.6 is 11.3 Å². The Morgan fingerprint density at radius 3 is 2.75 bits per heavy atom. The molecule has 2 heterocycles. The van der Waals surface area contributed by atoms with E-state index in [4.69, 9.17) is 4.42 Å². The number of aromatic nitrogens is 2. The van der Waals surface area contributed by atoms with Gasteiger partial charge in [-0.05, 0) is 30.3 Å². The van der Waals surface area contributed by atoms with Gasteiger partial charge >= 0.3 is 6.36 Å². The molecular weight excluding hydrogens is 395 g/mol. The van der Waals surface area contributed by atoms with Gasteiger partial charge in [-0.25, -0.2) is 9.97 Å². The molecular formula is C18H10F3N3O3S. The highest BCUT2D eigenvalue weighted by molar-refractivity contribution is 7.07. The van der Waals surface area contributed by atoms with E-state index in [0.717, 1.165) is 0 Å². The zero-order valence-electron chi connectivity index (χ0n) is 13.9. The van der Waals surface area contributed by atoms with E-state index < -0.39 is 12.3 Å². The summed E-state index contributed by atoms with van der Waals surface area (Å²) in [4.78, 5) is 20.5. The van der Waals surface area contributed by atoms with Crippen LogP contribution in [0.4, 0.5) is 18.9 Å². The molecule has 0 bridgehead atoms. The van der Waals surface area contributed by atoms with Gasteiger partial charge in [0.2, 0.25) is 5.89 Å². The highest BCUT2D eigenvalue weighted by atomic mass is 32.1. The van der Waals surface area contributed by atoms with E-state index in [1.54, 1.807) is 35.2 Å². The number of alkyl halides is 3. The summed E-state index contributed by atoms with van der Waals surface area (Å²) < 4.78 is 46.8. The lowest BCUT2D eigenvalue weighted by Crippen LogP contribution is -2.17. The second-order valence-electron chi connectivity index (χ2n) is 5.57. The van der Waals surface area contributed by atoms with Gasteiger partial charge in [0.1, 0.15) is 17.0 Å². The zero-order valence-corrected chi connectivity index (χ0v) is 14.7. The van der Waals surface area contributed by atoms with Crippen molar-refractivity contribution in [1.29, 1.82) is 0 Å². The SMILES string of the molecule is O=C(Nc1cccc2oc(-c3cccc(OC(F)(F)F)c3)nc12)c1cscn1. The number of fused-ring (bicyclic) bond motifs is 1. The van der Waals surface area contributed by atoms with Crippen molar-refractivity contribution >= 4 is 34.0 Å². The van der Waals surface area contributed by atoms with Gasteiger partial charge in [0.15, 0.2) is 5.58 Å². The summed E-state index contributed by atoms with van der Waals surface area (Å²) in [7, 11) is 0. The van der Waals surface area contributed by atoms with Gasteiger partial charge in [0.05, 0.1) is 11.2 Å². The predicted molar refractivity (Wildman–Crippen MR) is 96.2 cm³/mol. The van der Waals surface area contributed by atoms with Crippen molar-refractivity contribution in [1.82, 2.24) is 9.97 Å². The fraction of sp³-hybridized carbons (Fsp3) is 0.0556. The Bertz CT molecular complexity index is 1140. The van der Waals surface area contributed by atoms with Crippen LogP contribution in [-0.4, -0.2) is 22.2 Å². The fourth-order valence-electron chi connectivity index (χ4n) is 2.51. The van der Waals surface area contributed by atoms with Crippen molar-refractivity contribution in [2.75, 3.05) is 5.32 Å². The third kappa shape index (κ3) is 3.81. The number of rotatable bonds is 4. The fourth-order valence-corrected chi connectivity index (χ4v) is 3.04. The molecule has 1 N–H and O–H groups in total. The number of hydrogen-bond acceptors (Lipinski definition) is 6. The molecule has 2 aromatic carbocycles. The van der Waals surface area contributed by atoms with Gasteiger partial charge in [-0.3, -0.25) is 4.79 Å². The van der Waals surface area contributed by atoms with Crippen LogP contribution in [0.3, 0.4) is 0 Å². The number of anilines is 1. The molecule has 0 unspecified atom stereocenters. The lowest BCUT2D eigenvalue weighted by Gasteiger charge is -2.08. The number of halogens is 3. The Hall–Kier alpha value is -3.40. The highest BCUT2D eigenvalue weighted by Crippen LogP contribution is 2.32. The largest absolute Gasteiger partial charge is 0.573 e. The molecule has 0 saturated heterocycles. The normalized spacial score (nSPS) is 11.5. The number of nitrogens with zero attached hydrogens (tertiary/aromatic N) is 2. The van der Waals surface area contributed by atoms with Gasteiger partial charge < -0.3 is 14.5 Å². The Balaban J connectivity index is 1.67. The Morgan fingerprint density at radius 2 is 2.00 bits per heavy atom. The standard InChI is InChI=1S/C18H10F3N3O3S/c19-18(20,21)27-11-4-1-3-10(7-11)17-24-15-12(5-2-6-14(15)26-17)23-16(25)13-8-28-9-22-13/h1-9H,(H,23,25). The van der Waals surface area contributed by atoms with Crippen LogP contribution < -0.4 is 10.1 Å². The number of oxazole rings is 1. The molecule has 0 atom stereocenters. The van der Waals surface area contributed by atoms with Crippen LogP contribution in [0.2, 0.25) is 0 Å². The van der Waals surface area contributed by atoms with Crippen molar-refractivity contribution in [3.05, 3.63) is 59.0 Å². The molecule has 28 heavy (non-hydrogen) atoms. The highest BCUT2D eigenvalue weighted by Gasteiger charge is 2.31. The number of ether oxygens (including phenoxy) is 1. The van der Waals surface area contributed by atoms with Crippen LogP contribution in [0.5, 0.6) is 5.75 Å². The number of amides is 1. The third-order valence-electron chi connectivity index (χ3n) is 3.65. The van der Waals surface area contributed by atoms with Crippen LogP contribution in [0.15, 0.2) is 57.8 Å². The lowest BCUT2D eigenvalue weighted by atomic mass is 10.2. The van der Waals surface area contributed by atoms with Gasteiger partial charge in [0.25, 0.3) is 5.91 Å².